The number of likely N-dealkylation sites (tertiary alicyclic amines) is 1. The standard InChI is InChI=1S/C43H66N12O12S2/c1-5-22(4)35-42(66)49-26(12-13-32(45)57)38(62)51-29(17-33(46)58)39(63)53-30(20-69-68-19-25(44)36(60)50-28(40(64)54-35)16-23-8-10-24(56)11-9-23)43(67)55-14-6-7-31(55)41(65)52-27(15-21(2)3)37(61)48-18-34(47)59/h8-11,21-22,25-31,35,56H,5-7,12-20,44H2,1-4H3,(H2,45,57)(H2,46,58)(H2,47,59)(H,48,61)(H,49,66)(H,50,60)(H,51,62)(H,52,65)(H,53,63)(H,54,64)/t22?,25-,26-,27-,28-,29-,30-,31-,35-/m0/s1. The van der Waals surface area contributed by atoms with E-state index in [0.717, 1.165) is 21.6 Å². The van der Waals surface area contributed by atoms with E-state index in [0.29, 0.717) is 18.4 Å². The summed E-state index contributed by atoms with van der Waals surface area (Å²) in [6.45, 7) is 6.60. The van der Waals surface area contributed by atoms with Crippen molar-refractivity contribution in [1.29, 1.82) is 0 Å². The largest absolute Gasteiger partial charge is 0.508 e. The topological polar surface area (TPSA) is 400 Å². The van der Waals surface area contributed by atoms with E-state index < -0.39 is 145 Å². The summed E-state index contributed by atoms with van der Waals surface area (Å²) in [5.74, 6) is -10.4. The molecular weight excluding hydrogens is 941 g/mol. The van der Waals surface area contributed by atoms with Gasteiger partial charge in [-0.25, -0.2) is 0 Å². The van der Waals surface area contributed by atoms with Crippen LogP contribution in [0, 0.1) is 11.8 Å². The van der Waals surface area contributed by atoms with Gasteiger partial charge < -0.3 is 70.2 Å². The normalized spacial score (nSPS) is 24.3. The Hall–Kier alpha value is -6.15. The van der Waals surface area contributed by atoms with Crippen LogP contribution in [0.2, 0.25) is 0 Å². The van der Waals surface area contributed by atoms with Gasteiger partial charge in [-0.2, -0.15) is 0 Å². The second kappa shape index (κ2) is 27.7. The van der Waals surface area contributed by atoms with Gasteiger partial charge in [-0.05, 0) is 55.2 Å². The molecule has 2 heterocycles. The molecule has 69 heavy (non-hydrogen) atoms. The van der Waals surface area contributed by atoms with Crippen LogP contribution in [0.3, 0.4) is 0 Å². The number of hydrogen-bond acceptors (Lipinski definition) is 15. The molecule has 9 atom stereocenters. The lowest BCUT2D eigenvalue weighted by molar-refractivity contribution is -0.142. The summed E-state index contributed by atoms with van der Waals surface area (Å²) in [5, 5.41) is 27.7. The quantitative estimate of drug-likeness (QED) is 0.0671. The van der Waals surface area contributed by atoms with Crippen molar-refractivity contribution in [3.63, 3.8) is 0 Å². The van der Waals surface area contributed by atoms with Gasteiger partial charge in [0.25, 0.3) is 0 Å². The third kappa shape index (κ3) is 18.7. The molecule has 11 amide bonds. The minimum Gasteiger partial charge on any atom is -0.508 e. The lowest BCUT2D eigenvalue weighted by Crippen LogP contribution is -2.61. The molecule has 0 spiro atoms. The molecule has 24 nitrogen and oxygen atoms in total. The molecule has 3 rings (SSSR count). The Labute approximate surface area is 407 Å². The Bertz CT molecular complexity index is 2050. The van der Waals surface area contributed by atoms with Crippen molar-refractivity contribution in [3.05, 3.63) is 29.8 Å². The first-order chi connectivity index (χ1) is 32.5. The summed E-state index contributed by atoms with van der Waals surface area (Å²) in [5.41, 5.74) is 22.9. The number of primary amides is 3. The maximum atomic E-state index is 14.5. The van der Waals surface area contributed by atoms with E-state index >= 15 is 0 Å². The van der Waals surface area contributed by atoms with E-state index in [4.69, 9.17) is 22.9 Å². The van der Waals surface area contributed by atoms with Crippen LogP contribution in [0.15, 0.2) is 24.3 Å². The molecule has 1 aromatic rings. The van der Waals surface area contributed by atoms with Crippen LogP contribution in [-0.2, 0) is 59.2 Å². The zero-order valence-corrected chi connectivity index (χ0v) is 40.7. The van der Waals surface area contributed by atoms with Crippen molar-refractivity contribution in [1.82, 2.24) is 42.1 Å². The smallest absolute Gasteiger partial charge is 0.246 e. The van der Waals surface area contributed by atoms with Gasteiger partial charge in [0.05, 0.1) is 19.0 Å². The zero-order chi connectivity index (χ0) is 51.5. The number of nitrogens with one attached hydrogen (secondary N) is 7. The van der Waals surface area contributed by atoms with E-state index in [1.807, 2.05) is 13.8 Å². The molecule has 1 unspecified atom stereocenters. The van der Waals surface area contributed by atoms with Crippen LogP contribution < -0.4 is 60.2 Å². The number of phenols is 1. The molecule has 26 heteroatoms. The fourth-order valence-corrected chi connectivity index (χ4v) is 9.62. The highest BCUT2D eigenvalue weighted by Gasteiger charge is 2.41. The highest BCUT2D eigenvalue weighted by atomic mass is 33.1. The van der Waals surface area contributed by atoms with Gasteiger partial charge in [-0.15, -0.1) is 0 Å². The summed E-state index contributed by atoms with van der Waals surface area (Å²) in [7, 11) is 2.05. The molecule has 2 aliphatic rings. The highest BCUT2D eigenvalue weighted by molar-refractivity contribution is 8.76. The minimum absolute atomic E-state index is 0.0468. The number of amides is 11. The molecule has 0 bridgehead atoms. The van der Waals surface area contributed by atoms with Gasteiger partial charge in [0.1, 0.15) is 48.0 Å². The van der Waals surface area contributed by atoms with Gasteiger partial charge >= 0.3 is 0 Å². The van der Waals surface area contributed by atoms with Crippen molar-refractivity contribution in [2.24, 2.45) is 34.8 Å². The first kappa shape index (κ1) is 57.2. The fourth-order valence-electron chi connectivity index (χ4n) is 7.34. The number of hydrogen-bond donors (Lipinski definition) is 12. The third-order valence-corrected chi connectivity index (χ3v) is 13.7. The predicted molar refractivity (Wildman–Crippen MR) is 254 cm³/mol. The number of rotatable bonds is 17. The first-order valence-electron chi connectivity index (χ1n) is 22.5. The number of aromatic hydroxyl groups is 1. The monoisotopic (exact) mass is 1010 g/mol. The zero-order valence-electron chi connectivity index (χ0n) is 39.1. The molecule has 382 valence electrons. The molecule has 2 aliphatic heterocycles. The maximum absolute atomic E-state index is 14.5. The molecular formula is C43H66N12O12S2. The number of carbonyl (C=O) groups is 11. The van der Waals surface area contributed by atoms with Crippen LogP contribution in [0.25, 0.3) is 0 Å². The Morgan fingerprint density at radius 2 is 1.39 bits per heavy atom. The summed E-state index contributed by atoms with van der Waals surface area (Å²) in [4.78, 5) is 148. The van der Waals surface area contributed by atoms with Crippen molar-refractivity contribution < 1.29 is 57.8 Å². The SMILES string of the molecule is CCC(C)[C@@H]1NC(=O)[C@H](Cc2ccc(O)cc2)NC(=O)[C@@H](N)CSSC[C@@H](C(=O)N2CCC[C@H]2C(=O)N[C@@H](CC(C)C)C(=O)NCC(N)=O)NC(=O)[C@H](CC(N)=O)NC(=O)[C@H](CCC(N)=O)NC1=O. The second-order valence-electron chi connectivity index (χ2n) is 17.4. The van der Waals surface area contributed by atoms with E-state index in [1.165, 1.54) is 29.2 Å². The Morgan fingerprint density at radius 1 is 0.783 bits per heavy atom. The van der Waals surface area contributed by atoms with Crippen LogP contribution in [0.1, 0.15) is 78.2 Å². The molecule has 1 aromatic carbocycles. The summed E-state index contributed by atoms with van der Waals surface area (Å²) >= 11 is 0. The minimum atomic E-state index is -1.75. The van der Waals surface area contributed by atoms with Crippen LogP contribution in [0.4, 0.5) is 0 Å². The van der Waals surface area contributed by atoms with Gasteiger partial charge in [0.15, 0.2) is 0 Å². The van der Waals surface area contributed by atoms with Crippen molar-refractivity contribution in [2.75, 3.05) is 24.6 Å². The molecule has 2 fully saturated rings. The van der Waals surface area contributed by atoms with E-state index in [9.17, 15) is 57.8 Å². The van der Waals surface area contributed by atoms with Crippen molar-refractivity contribution in [3.8, 4) is 5.75 Å². The Balaban J connectivity index is 2.05. The molecule has 0 aromatic heterocycles. The number of phenolic OH excluding ortho intramolecular Hbond substituents is 1. The number of carbonyl (C=O) groups excluding carboxylic acids is 11. The number of nitrogens with zero attached hydrogens (tertiary/aromatic N) is 1. The van der Waals surface area contributed by atoms with E-state index in [-0.39, 0.29) is 49.0 Å². The number of nitrogens with two attached hydrogens (primary N) is 4. The lowest BCUT2D eigenvalue weighted by atomic mass is 9.96. The summed E-state index contributed by atoms with van der Waals surface area (Å²) in [6, 6.07) is -5.05. The maximum Gasteiger partial charge on any atom is 0.246 e. The van der Waals surface area contributed by atoms with Crippen LogP contribution in [0.5, 0.6) is 5.75 Å². The molecule has 0 aliphatic carbocycles. The molecule has 2 saturated heterocycles. The lowest BCUT2D eigenvalue weighted by Gasteiger charge is -2.31. The average molecular weight is 1010 g/mol. The van der Waals surface area contributed by atoms with Gasteiger partial charge in [-0.1, -0.05) is 67.8 Å². The second-order valence-corrected chi connectivity index (χ2v) is 20.0. The van der Waals surface area contributed by atoms with Crippen LogP contribution >= 0.6 is 21.6 Å². The van der Waals surface area contributed by atoms with Gasteiger partial charge in [0, 0.05) is 30.9 Å². The average Bonchev–Trinajstić information content (AvgIpc) is 3.78. The molecule has 0 radical (unpaired) electrons. The highest BCUT2D eigenvalue weighted by Crippen LogP contribution is 2.26. The predicted octanol–water partition coefficient (Wildman–Crippen LogP) is -3.61. The van der Waals surface area contributed by atoms with E-state index in [1.54, 1.807) is 13.8 Å². The van der Waals surface area contributed by atoms with Crippen molar-refractivity contribution in [2.45, 2.75) is 127 Å². The first-order valence-corrected chi connectivity index (χ1v) is 25.0. The van der Waals surface area contributed by atoms with Gasteiger partial charge in [-0.3, -0.25) is 52.7 Å². The summed E-state index contributed by atoms with van der Waals surface area (Å²) in [6.07, 6.45) is -0.694. The third-order valence-electron chi connectivity index (χ3n) is 11.3. The fraction of sp³-hybridized carbons (Fsp3) is 0.605. The molecule has 0 saturated carbocycles. The summed E-state index contributed by atoms with van der Waals surface area (Å²) < 4.78 is 0. The Kier molecular flexibility index (Phi) is 23.0. The van der Waals surface area contributed by atoms with E-state index in [2.05, 4.69) is 37.2 Å². The van der Waals surface area contributed by atoms with Crippen LogP contribution in [-0.4, -0.2) is 148 Å². The van der Waals surface area contributed by atoms with Crippen molar-refractivity contribution >= 4 is 86.6 Å². The Morgan fingerprint density at radius 3 is 2.00 bits per heavy atom. The number of benzene rings is 1. The molecule has 16 N–H and O–H groups in total. The van der Waals surface area contributed by atoms with Gasteiger partial charge in [0.2, 0.25) is 65.0 Å².